The van der Waals surface area contributed by atoms with Gasteiger partial charge in [-0.15, -0.1) is 11.3 Å². The van der Waals surface area contributed by atoms with Gasteiger partial charge in [0, 0.05) is 22.8 Å². The summed E-state index contributed by atoms with van der Waals surface area (Å²) in [4.78, 5) is 49.8. The molecule has 196 valence electrons. The number of aromatic nitrogens is 2. The zero-order chi connectivity index (χ0) is 26.2. The number of benzene rings is 1. The van der Waals surface area contributed by atoms with Crippen molar-refractivity contribution in [2.45, 2.75) is 63.5 Å². The molecule has 9 heteroatoms. The van der Waals surface area contributed by atoms with Crippen LogP contribution in [-0.4, -0.2) is 51.6 Å². The van der Waals surface area contributed by atoms with Crippen LogP contribution in [0, 0.1) is 11.8 Å². The van der Waals surface area contributed by atoms with Crippen molar-refractivity contribution >= 4 is 39.8 Å². The first kappa shape index (κ1) is 25.6. The Morgan fingerprint density at radius 2 is 1.92 bits per heavy atom. The normalized spacial score (nSPS) is 21.1. The maximum absolute atomic E-state index is 14.2. The number of aromatic amines is 1. The average molecular weight is 522 g/mol. The molecule has 2 aliphatic rings. The largest absolute Gasteiger partial charge is 0.368 e. The highest BCUT2D eigenvalue weighted by Gasteiger charge is 2.50. The number of likely N-dealkylation sites (tertiary alicyclic amines) is 1. The molecule has 3 atom stereocenters. The van der Waals surface area contributed by atoms with Gasteiger partial charge in [-0.05, 0) is 57.7 Å². The van der Waals surface area contributed by atoms with Crippen molar-refractivity contribution in [1.29, 1.82) is 0 Å². The summed E-state index contributed by atoms with van der Waals surface area (Å²) in [6.07, 6.45) is 6.74. The van der Waals surface area contributed by atoms with Gasteiger partial charge in [0.15, 0.2) is 0 Å². The van der Waals surface area contributed by atoms with Crippen molar-refractivity contribution < 1.29 is 14.4 Å². The lowest BCUT2D eigenvalue weighted by Gasteiger charge is -2.42. The second-order valence-electron chi connectivity index (χ2n) is 10.6. The van der Waals surface area contributed by atoms with Crippen LogP contribution in [0.5, 0.6) is 0 Å². The number of likely N-dealkylation sites (N-methyl/N-ethyl adjacent to an activating group) is 1. The predicted octanol–water partition coefficient (Wildman–Crippen LogP) is 4.18. The molecule has 0 bridgehead atoms. The number of amides is 2. The molecular weight excluding hydrogens is 486 g/mol. The number of carbonyl (C=O) groups is 3. The molecule has 8 nitrogen and oxygen atoms in total. The number of H-pyrrole nitrogens is 1. The molecule has 1 unspecified atom stereocenters. The number of nitrogens with one attached hydrogen (secondary N) is 2. The number of carbonyl (C=O) groups excluding carboxylic acids is 3. The number of nitrogens with zero attached hydrogens (tertiary/aromatic N) is 2. The molecule has 5 rings (SSSR count). The van der Waals surface area contributed by atoms with Crippen LogP contribution in [0.15, 0.2) is 35.7 Å². The molecule has 37 heavy (non-hydrogen) atoms. The van der Waals surface area contributed by atoms with Crippen molar-refractivity contribution in [3.63, 3.8) is 0 Å². The minimum Gasteiger partial charge on any atom is -0.368 e. The number of para-hydroxylation sites is 1. The van der Waals surface area contributed by atoms with E-state index in [1.165, 1.54) is 11.3 Å². The number of nitrogens with two attached hydrogens (primary N) is 1. The van der Waals surface area contributed by atoms with Crippen molar-refractivity contribution in [3.05, 3.63) is 52.1 Å². The van der Waals surface area contributed by atoms with E-state index in [9.17, 15) is 14.4 Å². The molecule has 0 spiro atoms. The third-order valence-corrected chi connectivity index (χ3v) is 9.34. The van der Waals surface area contributed by atoms with Crippen LogP contribution in [0.4, 0.5) is 0 Å². The molecule has 1 saturated carbocycles. The molecule has 1 saturated heterocycles. The Morgan fingerprint density at radius 1 is 1.16 bits per heavy atom. The standard InChI is InChI=1S/C28H35N5O3S/c1-28(30-2,27(29)36)23(17-9-4-3-5-10-17)26(35)33-14-8-13-22(33)25-32-21(16-37-25)24(34)20-15-18-11-6-7-12-19(18)31-20/h6-7,11-12,15-17,22-23,30-31H,3-5,8-10,13-14H2,1-2H3,(H2,29,36)/t22-,23+,28?/m0/s1. The van der Waals surface area contributed by atoms with Gasteiger partial charge in [-0.25, -0.2) is 4.98 Å². The van der Waals surface area contributed by atoms with Gasteiger partial charge < -0.3 is 20.9 Å². The summed E-state index contributed by atoms with van der Waals surface area (Å²) in [6, 6.07) is 9.41. The molecule has 4 N–H and O–H groups in total. The molecule has 3 aromatic rings. The van der Waals surface area contributed by atoms with E-state index in [0.29, 0.717) is 17.9 Å². The van der Waals surface area contributed by atoms with Crippen molar-refractivity contribution in [3.8, 4) is 0 Å². The van der Waals surface area contributed by atoms with E-state index < -0.39 is 17.4 Å². The minimum absolute atomic E-state index is 0.0382. The lowest BCUT2D eigenvalue weighted by Crippen LogP contribution is -2.63. The Bertz CT molecular complexity index is 1280. The van der Waals surface area contributed by atoms with E-state index in [-0.39, 0.29) is 23.7 Å². The zero-order valence-electron chi connectivity index (χ0n) is 21.5. The van der Waals surface area contributed by atoms with Crippen LogP contribution in [0.1, 0.15) is 79.1 Å². The second kappa shape index (κ2) is 10.4. The maximum atomic E-state index is 14.2. The summed E-state index contributed by atoms with van der Waals surface area (Å²) >= 11 is 1.42. The van der Waals surface area contributed by atoms with Crippen molar-refractivity contribution in [2.24, 2.45) is 17.6 Å². The Kier molecular flexibility index (Phi) is 7.18. The third-order valence-electron chi connectivity index (χ3n) is 8.39. The fraction of sp³-hybridized carbons (Fsp3) is 0.500. The summed E-state index contributed by atoms with van der Waals surface area (Å²) in [5.74, 6) is -1.14. The smallest absolute Gasteiger partial charge is 0.238 e. The minimum atomic E-state index is -1.13. The number of fused-ring (bicyclic) bond motifs is 1. The molecule has 2 fully saturated rings. The number of rotatable bonds is 8. The number of hydrogen-bond acceptors (Lipinski definition) is 6. The number of thiazole rings is 1. The van der Waals surface area contributed by atoms with Gasteiger partial charge in [-0.1, -0.05) is 37.5 Å². The van der Waals surface area contributed by atoms with Gasteiger partial charge in [0.1, 0.15) is 16.2 Å². The lowest BCUT2D eigenvalue weighted by atomic mass is 9.69. The van der Waals surface area contributed by atoms with Crippen LogP contribution >= 0.6 is 11.3 Å². The Morgan fingerprint density at radius 3 is 2.62 bits per heavy atom. The predicted molar refractivity (Wildman–Crippen MR) is 144 cm³/mol. The summed E-state index contributed by atoms with van der Waals surface area (Å²) in [6.45, 7) is 2.37. The van der Waals surface area contributed by atoms with Gasteiger partial charge in [-0.3, -0.25) is 14.4 Å². The van der Waals surface area contributed by atoms with Crippen LogP contribution in [0.3, 0.4) is 0 Å². The number of ketones is 1. The summed E-state index contributed by atoms with van der Waals surface area (Å²) in [5.41, 5.74) is 6.52. The van der Waals surface area contributed by atoms with E-state index in [1.807, 2.05) is 35.2 Å². The summed E-state index contributed by atoms with van der Waals surface area (Å²) in [5, 5.41) is 6.62. The third kappa shape index (κ3) is 4.70. The molecule has 1 aliphatic carbocycles. The van der Waals surface area contributed by atoms with Gasteiger partial charge in [-0.2, -0.15) is 0 Å². The molecule has 1 aromatic carbocycles. The fourth-order valence-electron chi connectivity index (χ4n) is 6.16. The lowest BCUT2D eigenvalue weighted by molar-refractivity contribution is -0.147. The van der Waals surface area contributed by atoms with Crippen molar-refractivity contribution in [1.82, 2.24) is 20.2 Å². The van der Waals surface area contributed by atoms with E-state index in [2.05, 4.69) is 10.3 Å². The number of hydrogen-bond donors (Lipinski definition) is 3. The van der Waals surface area contributed by atoms with Crippen molar-refractivity contribution in [2.75, 3.05) is 13.6 Å². The average Bonchev–Trinajstić information content (AvgIpc) is 3.67. The molecule has 2 aromatic heterocycles. The highest BCUT2D eigenvalue weighted by Crippen LogP contribution is 2.41. The summed E-state index contributed by atoms with van der Waals surface area (Å²) < 4.78 is 0. The zero-order valence-corrected chi connectivity index (χ0v) is 22.3. The van der Waals surface area contributed by atoms with E-state index in [4.69, 9.17) is 10.7 Å². The fourth-order valence-corrected chi connectivity index (χ4v) is 7.11. The topological polar surface area (TPSA) is 121 Å². The first-order valence-corrected chi connectivity index (χ1v) is 14.1. The van der Waals surface area contributed by atoms with Gasteiger partial charge >= 0.3 is 0 Å². The highest BCUT2D eigenvalue weighted by molar-refractivity contribution is 7.10. The van der Waals surface area contributed by atoms with E-state index in [1.54, 1.807) is 19.4 Å². The molecular formula is C28H35N5O3S. The second-order valence-corrected chi connectivity index (χ2v) is 11.4. The molecule has 2 amide bonds. The highest BCUT2D eigenvalue weighted by atomic mass is 32.1. The molecule has 0 radical (unpaired) electrons. The quantitative estimate of drug-likeness (QED) is 0.384. The maximum Gasteiger partial charge on any atom is 0.238 e. The van der Waals surface area contributed by atoms with E-state index >= 15 is 0 Å². The van der Waals surface area contributed by atoms with Gasteiger partial charge in [0.05, 0.1) is 17.7 Å². The first-order valence-electron chi connectivity index (χ1n) is 13.2. The Labute approximate surface area is 221 Å². The number of primary amides is 1. The van der Waals surface area contributed by atoms with Crippen LogP contribution in [0.2, 0.25) is 0 Å². The molecule has 1 aliphatic heterocycles. The van der Waals surface area contributed by atoms with E-state index in [0.717, 1.165) is 60.9 Å². The van der Waals surface area contributed by atoms with Gasteiger partial charge in [0.25, 0.3) is 0 Å². The molecule has 3 heterocycles. The van der Waals surface area contributed by atoms with Crippen LogP contribution < -0.4 is 11.1 Å². The monoisotopic (exact) mass is 521 g/mol. The SMILES string of the molecule is CNC(C)(C(N)=O)[C@@H](C(=O)N1CCC[C@H]1c1nc(C(=O)c2cc3ccccc3[nH]2)cs1)C1CCCCC1. The van der Waals surface area contributed by atoms with Crippen LogP contribution in [0.25, 0.3) is 10.9 Å². The Balaban J connectivity index is 1.41. The Hall–Kier alpha value is -3.04. The van der Waals surface area contributed by atoms with Crippen LogP contribution in [-0.2, 0) is 9.59 Å². The summed E-state index contributed by atoms with van der Waals surface area (Å²) in [7, 11) is 1.71. The first-order chi connectivity index (χ1) is 17.8. The van der Waals surface area contributed by atoms with Gasteiger partial charge in [0.2, 0.25) is 17.6 Å².